The zero-order valence-electron chi connectivity index (χ0n) is 18.4. The van der Waals surface area contributed by atoms with Crippen molar-refractivity contribution in [3.63, 3.8) is 0 Å². The van der Waals surface area contributed by atoms with Crippen molar-refractivity contribution in [3.05, 3.63) is 23.4 Å². The Labute approximate surface area is 178 Å². The standard InChI is InChI=1S/C22H32N4O4/c1-15-12-25(21(28)30-22(2,3)4)13-18-11-16-7-8-17(23-19(16)26(15)18)14-29-20(27)24-9-5-6-10-24/h7-8,15,18H,5-6,9-14H2,1-4H3/t15-,18-/m1/s1. The van der Waals surface area contributed by atoms with Gasteiger partial charge < -0.3 is 24.2 Å². The van der Waals surface area contributed by atoms with E-state index in [-0.39, 0.29) is 30.9 Å². The summed E-state index contributed by atoms with van der Waals surface area (Å²) >= 11 is 0. The molecule has 0 radical (unpaired) electrons. The normalized spacial score (nSPS) is 23.3. The molecule has 0 aliphatic carbocycles. The Balaban J connectivity index is 1.41. The van der Waals surface area contributed by atoms with E-state index in [2.05, 4.69) is 17.9 Å². The minimum atomic E-state index is -0.501. The van der Waals surface area contributed by atoms with Crippen LogP contribution in [0.3, 0.4) is 0 Å². The maximum absolute atomic E-state index is 12.5. The number of pyridine rings is 1. The van der Waals surface area contributed by atoms with Crippen molar-refractivity contribution in [1.29, 1.82) is 0 Å². The highest BCUT2D eigenvalue weighted by atomic mass is 16.6. The van der Waals surface area contributed by atoms with Crippen LogP contribution in [-0.4, -0.2) is 70.8 Å². The molecule has 2 fully saturated rings. The lowest BCUT2D eigenvalue weighted by molar-refractivity contribution is 0.0191. The van der Waals surface area contributed by atoms with Gasteiger partial charge in [-0.05, 0) is 58.6 Å². The molecule has 0 unspecified atom stereocenters. The molecule has 2 saturated heterocycles. The molecule has 164 valence electrons. The molecule has 0 aromatic carbocycles. The van der Waals surface area contributed by atoms with Crippen molar-refractivity contribution in [2.75, 3.05) is 31.1 Å². The number of likely N-dealkylation sites (tertiary alicyclic amines) is 1. The number of ether oxygens (including phenoxy) is 2. The molecule has 0 saturated carbocycles. The van der Waals surface area contributed by atoms with E-state index in [4.69, 9.17) is 14.5 Å². The zero-order valence-corrected chi connectivity index (χ0v) is 18.4. The molecule has 8 nitrogen and oxygen atoms in total. The molecule has 3 aliphatic heterocycles. The first kappa shape index (κ1) is 20.8. The Morgan fingerprint density at radius 1 is 1.10 bits per heavy atom. The number of rotatable bonds is 2. The van der Waals surface area contributed by atoms with Crippen LogP contribution in [0.1, 0.15) is 51.8 Å². The number of piperazine rings is 1. The van der Waals surface area contributed by atoms with Crippen molar-refractivity contribution >= 4 is 18.0 Å². The van der Waals surface area contributed by atoms with Gasteiger partial charge in [-0.25, -0.2) is 14.6 Å². The highest BCUT2D eigenvalue weighted by Gasteiger charge is 2.41. The van der Waals surface area contributed by atoms with Crippen LogP contribution in [0.15, 0.2) is 12.1 Å². The lowest BCUT2D eigenvalue weighted by Gasteiger charge is -2.43. The second-order valence-corrected chi connectivity index (χ2v) is 9.53. The molecule has 3 aliphatic rings. The Morgan fingerprint density at radius 3 is 2.53 bits per heavy atom. The third kappa shape index (κ3) is 4.32. The Morgan fingerprint density at radius 2 is 1.83 bits per heavy atom. The molecule has 0 N–H and O–H groups in total. The van der Waals surface area contributed by atoms with Gasteiger partial charge in [0.15, 0.2) is 0 Å². The van der Waals surface area contributed by atoms with Crippen LogP contribution in [0, 0.1) is 0 Å². The second-order valence-electron chi connectivity index (χ2n) is 9.53. The molecule has 2 amide bonds. The molecular formula is C22H32N4O4. The third-order valence-corrected chi connectivity index (χ3v) is 5.86. The molecule has 1 aromatic heterocycles. The molecule has 30 heavy (non-hydrogen) atoms. The SMILES string of the molecule is C[C@@H]1CN(C(=O)OC(C)(C)C)C[C@H]2Cc3ccc(COC(=O)N4CCCC4)nc3N21. The summed E-state index contributed by atoms with van der Waals surface area (Å²) in [5.41, 5.74) is 1.43. The van der Waals surface area contributed by atoms with Gasteiger partial charge in [0, 0.05) is 32.2 Å². The van der Waals surface area contributed by atoms with Crippen LogP contribution in [0.25, 0.3) is 0 Å². The van der Waals surface area contributed by atoms with E-state index in [1.807, 2.05) is 31.7 Å². The lowest BCUT2D eigenvalue weighted by Crippen LogP contribution is -2.58. The van der Waals surface area contributed by atoms with E-state index < -0.39 is 5.60 Å². The Bertz CT molecular complexity index is 816. The number of carbonyl (C=O) groups is 2. The fraction of sp³-hybridized carbons (Fsp3) is 0.682. The van der Waals surface area contributed by atoms with Gasteiger partial charge >= 0.3 is 12.2 Å². The molecule has 0 spiro atoms. The average Bonchev–Trinajstić information content (AvgIpc) is 3.32. The van der Waals surface area contributed by atoms with Crippen LogP contribution in [-0.2, 0) is 22.5 Å². The largest absolute Gasteiger partial charge is 0.444 e. The number of hydrogen-bond acceptors (Lipinski definition) is 6. The summed E-state index contributed by atoms with van der Waals surface area (Å²) in [6.45, 7) is 10.7. The molecule has 1 aromatic rings. The molecule has 8 heteroatoms. The van der Waals surface area contributed by atoms with E-state index in [0.29, 0.717) is 13.1 Å². The Hall–Kier alpha value is -2.51. The first-order valence-electron chi connectivity index (χ1n) is 10.9. The number of fused-ring (bicyclic) bond motifs is 3. The van der Waals surface area contributed by atoms with Crippen LogP contribution in [0.4, 0.5) is 15.4 Å². The summed E-state index contributed by atoms with van der Waals surface area (Å²) < 4.78 is 11.0. The second kappa shape index (κ2) is 7.96. The van der Waals surface area contributed by atoms with E-state index in [0.717, 1.165) is 43.9 Å². The van der Waals surface area contributed by atoms with E-state index in [1.54, 1.807) is 4.90 Å². The summed E-state index contributed by atoms with van der Waals surface area (Å²) in [4.78, 5) is 35.4. The first-order chi connectivity index (χ1) is 14.2. The third-order valence-electron chi connectivity index (χ3n) is 5.86. The number of anilines is 1. The minimum absolute atomic E-state index is 0.132. The van der Waals surface area contributed by atoms with Gasteiger partial charge in [0.05, 0.1) is 11.7 Å². The van der Waals surface area contributed by atoms with Crippen LogP contribution < -0.4 is 4.90 Å². The van der Waals surface area contributed by atoms with Crippen molar-refractivity contribution in [3.8, 4) is 0 Å². The number of carbonyl (C=O) groups excluding carboxylic acids is 2. The van der Waals surface area contributed by atoms with Crippen molar-refractivity contribution < 1.29 is 19.1 Å². The predicted molar refractivity (Wildman–Crippen MR) is 112 cm³/mol. The fourth-order valence-electron chi connectivity index (χ4n) is 4.56. The summed E-state index contributed by atoms with van der Waals surface area (Å²) in [7, 11) is 0. The molecule has 4 heterocycles. The Kier molecular flexibility index (Phi) is 5.51. The average molecular weight is 417 g/mol. The maximum Gasteiger partial charge on any atom is 0.410 e. The molecular weight excluding hydrogens is 384 g/mol. The number of aromatic nitrogens is 1. The minimum Gasteiger partial charge on any atom is -0.444 e. The van der Waals surface area contributed by atoms with Gasteiger partial charge in [-0.15, -0.1) is 0 Å². The monoisotopic (exact) mass is 416 g/mol. The van der Waals surface area contributed by atoms with E-state index in [1.165, 1.54) is 5.56 Å². The fourth-order valence-corrected chi connectivity index (χ4v) is 4.56. The first-order valence-corrected chi connectivity index (χ1v) is 10.9. The van der Waals surface area contributed by atoms with Crippen molar-refractivity contribution in [2.45, 2.75) is 71.2 Å². The van der Waals surface area contributed by atoms with Gasteiger partial charge in [-0.1, -0.05) is 6.07 Å². The lowest BCUT2D eigenvalue weighted by atomic mass is 10.1. The van der Waals surface area contributed by atoms with E-state index >= 15 is 0 Å². The zero-order chi connectivity index (χ0) is 21.5. The van der Waals surface area contributed by atoms with Crippen LogP contribution in [0.5, 0.6) is 0 Å². The van der Waals surface area contributed by atoms with Gasteiger partial charge in [-0.2, -0.15) is 0 Å². The summed E-state index contributed by atoms with van der Waals surface area (Å²) in [5, 5.41) is 0. The summed E-state index contributed by atoms with van der Waals surface area (Å²) in [5.74, 6) is 0.950. The van der Waals surface area contributed by atoms with Crippen molar-refractivity contribution in [2.24, 2.45) is 0 Å². The van der Waals surface area contributed by atoms with Gasteiger partial charge in [0.1, 0.15) is 18.0 Å². The van der Waals surface area contributed by atoms with E-state index in [9.17, 15) is 9.59 Å². The topological polar surface area (TPSA) is 75.2 Å². The molecule has 0 bridgehead atoms. The smallest absolute Gasteiger partial charge is 0.410 e. The quantitative estimate of drug-likeness (QED) is 0.737. The van der Waals surface area contributed by atoms with Crippen LogP contribution in [0.2, 0.25) is 0 Å². The summed E-state index contributed by atoms with van der Waals surface area (Å²) in [6.07, 6.45) is 2.42. The number of nitrogens with zero attached hydrogens (tertiary/aromatic N) is 4. The predicted octanol–water partition coefficient (Wildman–Crippen LogP) is 3.18. The van der Waals surface area contributed by atoms with Gasteiger partial charge in [-0.3, -0.25) is 0 Å². The summed E-state index contributed by atoms with van der Waals surface area (Å²) in [6, 6.07) is 4.33. The maximum atomic E-state index is 12.5. The van der Waals surface area contributed by atoms with Gasteiger partial charge in [0.2, 0.25) is 0 Å². The molecule has 2 atom stereocenters. The number of hydrogen-bond donors (Lipinski definition) is 0. The number of amides is 2. The van der Waals surface area contributed by atoms with Gasteiger partial charge in [0.25, 0.3) is 0 Å². The van der Waals surface area contributed by atoms with Crippen molar-refractivity contribution in [1.82, 2.24) is 14.8 Å². The highest BCUT2D eigenvalue weighted by Crippen LogP contribution is 2.35. The molecule has 4 rings (SSSR count). The van der Waals surface area contributed by atoms with Crippen LogP contribution >= 0.6 is 0 Å². The highest BCUT2D eigenvalue weighted by molar-refractivity contribution is 5.70.